The Morgan fingerprint density at radius 2 is 1.00 bits per heavy atom. The van der Waals surface area contributed by atoms with Gasteiger partial charge < -0.3 is 19.2 Å². The van der Waals surface area contributed by atoms with Crippen molar-refractivity contribution in [1.82, 2.24) is 0 Å². The molecule has 0 spiro atoms. The third-order valence-corrected chi connectivity index (χ3v) is 3.92. The molecule has 122 valence electrons. The van der Waals surface area contributed by atoms with Gasteiger partial charge in [-0.25, -0.2) is 4.57 Å². The average Bonchev–Trinajstić information content (AvgIpc) is 2.29. The van der Waals surface area contributed by atoms with Crippen molar-refractivity contribution in [3.63, 3.8) is 0 Å². The smallest absolute Gasteiger partial charge is 0.328 e. The minimum atomic E-state index is -4.64. The molecule has 0 aromatic rings. The number of quaternary nitrogens is 1. The molecular formula is C14H33NO4P+. The van der Waals surface area contributed by atoms with Crippen LogP contribution in [0.2, 0.25) is 0 Å². The standard InChI is InChI=1S/C14H30N.H3O4P/c1-15(2,3)14-12-10-8-6-4-5-7-9-11-13-14;1-5(2,3)4/h14H,4-13H2,1-3H3;(H3,1,2,3,4)/q+1;. The van der Waals surface area contributed by atoms with Crippen LogP contribution in [0.1, 0.15) is 64.2 Å². The van der Waals surface area contributed by atoms with Gasteiger partial charge in [-0.05, 0) is 25.7 Å². The van der Waals surface area contributed by atoms with E-state index < -0.39 is 7.82 Å². The molecule has 0 amide bonds. The van der Waals surface area contributed by atoms with Gasteiger partial charge in [0.1, 0.15) is 0 Å². The molecule has 5 nitrogen and oxygen atoms in total. The first-order valence-electron chi connectivity index (χ1n) is 7.70. The molecule has 0 aromatic heterocycles. The van der Waals surface area contributed by atoms with Gasteiger partial charge in [-0.15, -0.1) is 0 Å². The summed E-state index contributed by atoms with van der Waals surface area (Å²) < 4.78 is 10.0. The molecule has 1 aliphatic rings. The van der Waals surface area contributed by atoms with E-state index in [2.05, 4.69) is 21.1 Å². The summed E-state index contributed by atoms with van der Waals surface area (Å²) >= 11 is 0. The van der Waals surface area contributed by atoms with Crippen LogP contribution in [0.15, 0.2) is 0 Å². The predicted octanol–water partition coefficient (Wildman–Crippen LogP) is 3.05. The fourth-order valence-corrected chi connectivity index (χ4v) is 2.74. The number of rotatable bonds is 1. The van der Waals surface area contributed by atoms with Crippen molar-refractivity contribution in [2.75, 3.05) is 21.1 Å². The van der Waals surface area contributed by atoms with E-state index in [1.807, 2.05) is 0 Å². The molecule has 0 aliphatic heterocycles. The highest BCUT2D eigenvalue weighted by Crippen LogP contribution is 2.25. The maximum Gasteiger partial charge on any atom is 0.466 e. The Bertz CT molecular complexity index is 265. The van der Waals surface area contributed by atoms with Gasteiger partial charge in [-0.1, -0.05) is 38.5 Å². The van der Waals surface area contributed by atoms with Crippen molar-refractivity contribution < 1.29 is 23.7 Å². The molecule has 0 atom stereocenters. The molecule has 1 aliphatic carbocycles. The van der Waals surface area contributed by atoms with Crippen molar-refractivity contribution in [3.8, 4) is 0 Å². The Balaban J connectivity index is 0.000000621. The van der Waals surface area contributed by atoms with Crippen LogP contribution >= 0.6 is 7.82 Å². The Labute approximate surface area is 123 Å². The molecule has 1 saturated carbocycles. The second-order valence-corrected chi connectivity index (χ2v) is 7.72. The predicted molar refractivity (Wildman–Crippen MR) is 82.3 cm³/mol. The summed E-state index contributed by atoms with van der Waals surface area (Å²) in [5, 5.41) is 0. The van der Waals surface area contributed by atoms with Crippen molar-refractivity contribution in [1.29, 1.82) is 0 Å². The van der Waals surface area contributed by atoms with Gasteiger partial charge in [0.15, 0.2) is 0 Å². The highest BCUT2D eigenvalue weighted by molar-refractivity contribution is 7.45. The second kappa shape index (κ2) is 9.91. The number of phosphoric acid groups is 1. The van der Waals surface area contributed by atoms with Gasteiger partial charge in [0.2, 0.25) is 0 Å². The molecule has 20 heavy (non-hydrogen) atoms. The first-order valence-corrected chi connectivity index (χ1v) is 9.26. The summed E-state index contributed by atoms with van der Waals surface area (Å²) in [6, 6.07) is 0.906. The zero-order chi connectivity index (χ0) is 15.6. The highest BCUT2D eigenvalue weighted by Gasteiger charge is 2.22. The van der Waals surface area contributed by atoms with E-state index in [0.717, 1.165) is 6.04 Å². The maximum atomic E-state index is 8.88. The van der Waals surface area contributed by atoms with E-state index >= 15 is 0 Å². The molecule has 0 unspecified atom stereocenters. The topological polar surface area (TPSA) is 77.8 Å². The summed E-state index contributed by atoms with van der Waals surface area (Å²) in [5.74, 6) is 0. The summed E-state index contributed by atoms with van der Waals surface area (Å²) in [4.78, 5) is 21.6. The largest absolute Gasteiger partial charge is 0.466 e. The monoisotopic (exact) mass is 310 g/mol. The maximum absolute atomic E-state index is 8.88. The number of hydrogen-bond donors (Lipinski definition) is 3. The number of nitrogens with zero attached hydrogens (tertiary/aromatic N) is 1. The zero-order valence-electron chi connectivity index (χ0n) is 13.3. The van der Waals surface area contributed by atoms with Crippen molar-refractivity contribution in [2.45, 2.75) is 70.3 Å². The first kappa shape index (κ1) is 20.1. The van der Waals surface area contributed by atoms with Crippen molar-refractivity contribution in [3.05, 3.63) is 0 Å². The van der Waals surface area contributed by atoms with E-state index in [9.17, 15) is 0 Å². The molecule has 1 rings (SSSR count). The minimum absolute atomic E-state index is 0.906. The van der Waals surface area contributed by atoms with Gasteiger partial charge in [0.25, 0.3) is 0 Å². The molecule has 0 saturated heterocycles. The van der Waals surface area contributed by atoms with E-state index in [1.54, 1.807) is 0 Å². The van der Waals surface area contributed by atoms with Crippen LogP contribution in [0.25, 0.3) is 0 Å². The molecular weight excluding hydrogens is 277 g/mol. The van der Waals surface area contributed by atoms with Gasteiger partial charge in [0, 0.05) is 0 Å². The van der Waals surface area contributed by atoms with Crippen LogP contribution in [0.3, 0.4) is 0 Å². The normalized spacial score (nSPS) is 20.5. The molecule has 0 heterocycles. The fourth-order valence-electron chi connectivity index (χ4n) is 2.74. The fraction of sp³-hybridized carbons (Fsp3) is 1.00. The van der Waals surface area contributed by atoms with Crippen LogP contribution < -0.4 is 0 Å². The van der Waals surface area contributed by atoms with E-state index in [0.29, 0.717) is 0 Å². The van der Waals surface area contributed by atoms with Gasteiger partial charge >= 0.3 is 7.82 Å². The van der Waals surface area contributed by atoms with E-state index in [4.69, 9.17) is 19.2 Å². The zero-order valence-corrected chi connectivity index (χ0v) is 14.2. The second-order valence-electron chi connectivity index (χ2n) is 6.69. The van der Waals surface area contributed by atoms with E-state index in [1.165, 1.54) is 68.7 Å². The third-order valence-electron chi connectivity index (χ3n) is 3.92. The summed E-state index contributed by atoms with van der Waals surface area (Å²) in [7, 11) is 2.46. The van der Waals surface area contributed by atoms with Gasteiger partial charge in [0.05, 0.1) is 27.2 Å². The summed E-state index contributed by atoms with van der Waals surface area (Å²) in [6.45, 7) is 0. The Morgan fingerprint density at radius 3 is 1.25 bits per heavy atom. The Kier molecular flexibility index (Phi) is 9.94. The Hall–Kier alpha value is 0.0700. The number of hydrogen-bond acceptors (Lipinski definition) is 1. The van der Waals surface area contributed by atoms with Gasteiger partial charge in [-0.2, -0.15) is 0 Å². The van der Waals surface area contributed by atoms with Crippen LogP contribution in [0, 0.1) is 0 Å². The van der Waals surface area contributed by atoms with Crippen LogP contribution in [0.5, 0.6) is 0 Å². The lowest BCUT2D eigenvalue weighted by Gasteiger charge is -2.34. The van der Waals surface area contributed by atoms with Crippen LogP contribution in [-0.2, 0) is 4.57 Å². The average molecular weight is 310 g/mol. The molecule has 1 fully saturated rings. The van der Waals surface area contributed by atoms with Crippen LogP contribution in [-0.4, -0.2) is 46.3 Å². The minimum Gasteiger partial charge on any atom is -0.328 e. The lowest BCUT2D eigenvalue weighted by molar-refractivity contribution is -0.896. The van der Waals surface area contributed by atoms with Gasteiger partial charge in [-0.3, -0.25) is 0 Å². The third kappa shape index (κ3) is 14.5. The Morgan fingerprint density at radius 1 is 0.750 bits per heavy atom. The lowest BCUT2D eigenvalue weighted by atomic mass is 10.0. The lowest BCUT2D eigenvalue weighted by Crippen LogP contribution is -2.45. The highest BCUT2D eigenvalue weighted by atomic mass is 31.2. The quantitative estimate of drug-likeness (QED) is 0.514. The summed E-state index contributed by atoms with van der Waals surface area (Å²) in [6.07, 6.45) is 14.7. The van der Waals surface area contributed by atoms with Crippen molar-refractivity contribution >= 4 is 7.82 Å². The molecule has 0 bridgehead atoms. The molecule has 6 heteroatoms. The molecule has 0 radical (unpaired) electrons. The summed E-state index contributed by atoms with van der Waals surface area (Å²) in [5.41, 5.74) is 0. The molecule has 0 aromatic carbocycles. The van der Waals surface area contributed by atoms with E-state index in [-0.39, 0.29) is 0 Å². The van der Waals surface area contributed by atoms with Crippen molar-refractivity contribution in [2.24, 2.45) is 0 Å². The first-order chi connectivity index (χ1) is 9.11. The SMILES string of the molecule is C[N+](C)(C)C1CCCCCCCCCC1.O=P(O)(O)O. The molecule has 3 N–H and O–H groups in total. The van der Waals surface area contributed by atoms with Crippen LogP contribution in [0.4, 0.5) is 0 Å².